The van der Waals surface area contributed by atoms with E-state index in [0.29, 0.717) is 34.7 Å². The minimum Gasteiger partial charge on any atom is -0.493 e. The van der Waals surface area contributed by atoms with Crippen molar-refractivity contribution in [1.82, 2.24) is 25.1 Å². The minimum absolute atomic E-state index is 0.120. The van der Waals surface area contributed by atoms with Gasteiger partial charge in [-0.1, -0.05) is 6.07 Å². The van der Waals surface area contributed by atoms with Gasteiger partial charge in [-0.15, -0.1) is 0 Å². The number of aliphatic hydroxyl groups excluding tert-OH is 1. The lowest BCUT2D eigenvalue weighted by atomic mass is 10.1. The number of fused-ring (bicyclic) bond motifs is 1. The number of H-pyrrole nitrogens is 1. The quantitative estimate of drug-likeness (QED) is 0.233. The van der Waals surface area contributed by atoms with Gasteiger partial charge >= 0.3 is 0 Å². The normalized spacial score (nSPS) is 14.3. The first-order chi connectivity index (χ1) is 19.8. The molecule has 5 rings (SSSR count). The third kappa shape index (κ3) is 6.36. The Balaban J connectivity index is 1.47. The summed E-state index contributed by atoms with van der Waals surface area (Å²) >= 11 is 0. The zero-order valence-corrected chi connectivity index (χ0v) is 22.5. The molecule has 1 amide bonds. The van der Waals surface area contributed by atoms with Crippen molar-refractivity contribution in [3.05, 3.63) is 60.1 Å². The number of aromatic amines is 1. The topological polar surface area (TPSA) is 143 Å². The van der Waals surface area contributed by atoms with Gasteiger partial charge in [-0.05, 0) is 37.5 Å². The highest BCUT2D eigenvalue weighted by Crippen LogP contribution is 2.41. The Morgan fingerprint density at radius 1 is 1.20 bits per heavy atom. The number of nitrogens with zero attached hydrogens (tertiary/aromatic N) is 5. The molecule has 0 saturated carbocycles. The summed E-state index contributed by atoms with van der Waals surface area (Å²) in [6, 6.07) is 8.68. The van der Waals surface area contributed by atoms with Crippen LogP contribution in [0, 0.1) is 11.6 Å². The van der Waals surface area contributed by atoms with Gasteiger partial charge in [0.2, 0.25) is 5.91 Å². The smallest absolute Gasteiger partial charge is 0.223 e. The summed E-state index contributed by atoms with van der Waals surface area (Å²) in [5.41, 5.74) is 6.04. The standard InChI is InChI=1S/C28H31F2N7O4/c1-40-23-14-19-21(15-24(23)41-11-3-8-36-9-6-18(38)7-10-36)32-16-33-28(19)37(22-5-2-4-20(29)27(22)30)26-13-17(34-35-26)12-25(31)39/h2,4-5,13-16,18,38H,3,6-12H2,1H3,(H2,31,39)(H,34,35). The first kappa shape index (κ1) is 28.2. The fraction of sp³-hybridized carbons (Fsp3) is 0.357. The van der Waals surface area contributed by atoms with Gasteiger partial charge in [-0.2, -0.15) is 5.10 Å². The predicted octanol–water partition coefficient (Wildman–Crippen LogP) is 3.36. The zero-order chi connectivity index (χ0) is 28.9. The first-order valence-electron chi connectivity index (χ1n) is 13.3. The Hall–Kier alpha value is -4.36. The zero-order valence-electron chi connectivity index (χ0n) is 22.5. The van der Waals surface area contributed by atoms with Crippen LogP contribution in [0.1, 0.15) is 25.0 Å². The van der Waals surface area contributed by atoms with Crippen molar-refractivity contribution in [3.63, 3.8) is 0 Å². The molecule has 0 spiro atoms. The fourth-order valence-electron chi connectivity index (χ4n) is 4.87. The molecule has 2 aromatic heterocycles. The molecule has 11 nitrogen and oxygen atoms in total. The largest absolute Gasteiger partial charge is 0.493 e. The number of aliphatic hydroxyl groups is 1. The second-order valence-corrected chi connectivity index (χ2v) is 9.80. The molecular weight excluding hydrogens is 536 g/mol. The van der Waals surface area contributed by atoms with E-state index in [9.17, 15) is 14.3 Å². The number of carbonyl (C=O) groups is 1. The molecule has 1 aliphatic heterocycles. The summed E-state index contributed by atoms with van der Waals surface area (Å²) in [5.74, 6) is -1.48. The van der Waals surface area contributed by atoms with Crippen molar-refractivity contribution in [2.24, 2.45) is 5.73 Å². The highest BCUT2D eigenvalue weighted by molar-refractivity contribution is 5.96. The Kier molecular flexibility index (Phi) is 8.55. The van der Waals surface area contributed by atoms with Gasteiger partial charge in [0.05, 0.1) is 37.4 Å². The molecule has 216 valence electrons. The second kappa shape index (κ2) is 12.4. The lowest BCUT2D eigenvalue weighted by molar-refractivity contribution is -0.117. The highest BCUT2D eigenvalue weighted by atomic mass is 19.2. The van der Waals surface area contributed by atoms with E-state index < -0.39 is 17.5 Å². The highest BCUT2D eigenvalue weighted by Gasteiger charge is 2.25. The van der Waals surface area contributed by atoms with Crippen molar-refractivity contribution in [3.8, 4) is 11.5 Å². The minimum atomic E-state index is -1.10. The van der Waals surface area contributed by atoms with Crippen molar-refractivity contribution >= 4 is 34.1 Å². The number of nitrogens with two attached hydrogens (primary N) is 1. The Bertz CT molecular complexity index is 1520. The van der Waals surface area contributed by atoms with Crippen LogP contribution in [0.5, 0.6) is 11.5 Å². The molecule has 3 heterocycles. The van der Waals surface area contributed by atoms with Crippen LogP contribution in [0.15, 0.2) is 42.7 Å². The van der Waals surface area contributed by atoms with E-state index in [4.69, 9.17) is 15.2 Å². The average molecular weight is 568 g/mol. The van der Waals surface area contributed by atoms with Crippen LogP contribution in [0.25, 0.3) is 10.9 Å². The number of primary amides is 1. The molecule has 0 unspecified atom stereocenters. The summed E-state index contributed by atoms with van der Waals surface area (Å²) in [4.78, 5) is 23.9. The van der Waals surface area contributed by atoms with Crippen LogP contribution in [0.4, 0.5) is 26.1 Å². The maximum absolute atomic E-state index is 15.1. The summed E-state index contributed by atoms with van der Waals surface area (Å²) < 4.78 is 41.1. The van der Waals surface area contributed by atoms with Crippen LogP contribution in [0.3, 0.4) is 0 Å². The van der Waals surface area contributed by atoms with Crippen LogP contribution in [-0.2, 0) is 11.2 Å². The summed E-state index contributed by atoms with van der Waals surface area (Å²) in [5, 5.41) is 17.1. The third-order valence-corrected chi connectivity index (χ3v) is 6.93. The number of carbonyl (C=O) groups excluding carboxylic acids is 1. The first-order valence-corrected chi connectivity index (χ1v) is 13.3. The summed E-state index contributed by atoms with van der Waals surface area (Å²) in [6.07, 6.45) is 3.32. The molecule has 2 aromatic carbocycles. The molecule has 0 bridgehead atoms. The maximum atomic E-state index is 15.1. The lowest BCUT2D eigenvalue weighted by Gasteiger charge is -2.29. The lowest BCUT2D eigenvalue weighted by Crippen LogP contribution is -2.36. The maximum Gasteiger partial charge on any atom is 0.223 e. The van der Waals surface area contributed by atoms with Crippen molar-refractivity contribution in [2.75, 3.05) is 38.3 Å². The van der Waals surface area contributed by atoms with Gasteiger partial charge in [-0.3, -0.25) is 14.8 Å². The van der Waals surface area contributed by atoms with Gasteiger partial charge in [-0.25, -0.2) is 18.7 Å². The van der Waals surface area contributed by atoms with Crippen LogP contribution in [0.2, 0.25) is 0 Å². The van der Waals surface area contributed by atoms with E-state index in [1.165, 1.54) is 36.5 Å². The Morgan fingerprint density at radius 2 is 2.00 bits per heavy atom. The predicted molar refractivity (Wildman–Crippen MR) is 148 cm³/mol. The van der Waals surface area contributed by atoms with E-state index in [1.807, 2.05) is 0 Å². The number of aromatic nitrogens is 4. The van der Waals surface area contributed by atoms with Crippen LogP contribution >= 0.6 is 0 Å². The number of hydrogen-bond acceptors (Lipinski definition) is 9. The molecule has 41 heavy (non-hydrogen) atoms. The number of nitrogens with one attached hydrogen (secondary N) is 1. The number of anilines is 3. The Labute approximate surface area is 234 Å². The molecule has 0 aliphatic carbocycles. The van der Waals surface area contributed by atoms with E-state index in [1.54, 1.807) is 12.1 Å². The fourth-order valence-corrected chi connectivity index (χ4v) is 4.87. The molecule has 1 saturated heterocycles. The number of piperidine rings is 1. The van der Waals surface area contributed by atoms with Crippen LogP contribution < -0.4 is 20.1 Å². The van der Waals surface area contributed by atoms with E-state index in [2.05, 4.69) is 25.1 Å². The van der Waals surface area contributed by atoms with E-state index >= 15 is 4.39 Å². The second-order valence-electron chi connectivity index (χ2n) is 9.80. The van der Waals surface area contributed by atoms with Gasteiger partial charge in [0.25, 0.3) is 0 Å². The molecule has 4 N–H and O–H groups in total. The number of rotatable bonds is 11. The van der Waals surface area contributed by atoms with Gasteiger partial charge in [0.1, 0.15) is 12.1 Å². The van der Waals surface area contributed by atoms with Crippen molar-refractivity contribution in [2.45, 2.75) is 31.8 Å². The Morgan fingerprint density at radius 3 is 2.76 bits per heavy atom. The number of ether oxygens (including phenoxy) is 2. The van der Waals surface area contributed by atoms with Gasteiger partial charge < -0.3 is 25.2 Å². The van der Waals surface area contributed by atoms with Crippen LogP contribution in [-0.4, -0.2) is 75.5 Å². The molecule has 1 fully saturated rings. The van der Waals surface area contributed by atoms with Crippen molar-refractivity contribution < 1.29 is 28.2 Å². The number of halogens is 2. The molecule has 4 aromatic rings. The van der Waals surface area contributed by atoms with Gasteiger partial charge in [0, 0.05) is 42.8 Å². The monoisotopic (exact) mass is 567 g/mol. The molecule has 0 radical (unpaired) electrons. The number of hydrogen-bond donors (Lipinski definition) is 3. The van der Waals surface area contributed by atoms with Gasteiger partial charge in [0.15, 0.2) is 29.0 Å². The number of benzene rings is 2. The SMILES string of the molecule is COc1cc2c(N(c3cc(CC(N)=O)[nH]n3)c3cccc(F)c3F)ncnc2cc1OCCCN1CCC(O)CC1. The molecule has 1 aliphatic rings. The number of amides is 1. The van der Waals surface area contributed by atoms with E-state index in [0.717, 1.165) is 45.0 Å². The third-order valence-electron chi connectivity index (χ3n) is 6.93. The number of methoxy groups -OCH3 is 1. The average Bonchev–Trinajstić information content (AvgIpc) is 3.41. The molecular formula is C28H31F2N7O4. The summed E-state index contributed by atoms with van der Waals surface area (Å²) in [7, 11) is 1.50. The van der Waals surface area contributed by atoms with Crippen molar-refractivity contribution in [1.29, 1.82) is 0 Å². The summed E-state index contributed by atoms with van der Waals surface area (Å²) in [6.45, 7) is 3.02. The molecule has 0 atom stereocenters. The molecule has 13 heteroatoms. The number of likely N-dealkylation sites (tertiary alicyclic amines) is 1. The van der Waals surface area contributed by atoms with E-state index in [-0.39, 0.29) is 29.8 Å².